The summed E-state index contributed by atoms with van der Waals surface area (Å²) in [7, 11) is 0. The quantitative estimate of drug-likeness (QED) is 0.245. The lowest BCUT2D eigenvalue weighted by Crippen LogP contribution is -2.50. The first kappa shape index (κ1) is 8.77. The fraction of sp³-hybridized carbons (Fsp3) is 0.875. The number of rotatable bonds is 1. The van der Waals surface area contributed by atoms with Crippen LogP contribution in [0.25, 0.3) is 0 Å². The first-order valence-corrected chi connectivity index (χ1v) is 4.74. The van der Waals surface area contributed by atoms with Gasteiger partial charge in [-0.15, -0.1) is 0 Å². The number of fused-ring (bicyclic) bond motifs is 2. The van der Waals surface area contributed by atoms with Gasteiger partial charge in [-0.1, -0.05) is 0 Å². The zero-order chi connectivity index (χ0) is 9.26. The highest BCUT2D eigenvalue weighted by molar-refractivity contribution is 5.80. The van der Waals surface area contributed by atoms with E-state index >= 15 is 0 Å². The van der Waals surface area contributed by atoms with Gasteiger partial charge >= 0.3 is 0 Å². The molecule has 0 spiro atoms. The topological polar surface area (TPSA) is 62.9 Å². The Hall–Kier alpha value is -0.810. The Balaban J connectivity index is 2.04. The number of hydrazine groups is 1. The van der Waals surface area contributed by atoms with E-state index < -0.39 is 0 Å². The Morgan fingerprint density at radius 1 is 1.77 bits per heavy atom. The number of morpholine rings is 1. The lowest BCUT2D eigenvalue weighted by molar-refractivity contribution is 0.0553. The van der Waals surface area contributed by atoms with E-state index in [4.69, 9.17) is 10.6 Å². The van der Waals surface area contributed by atoms with Crippen molar-refractivity contribution in [1.29, 1.82) is 0 Å². The molecule has 3 N–H and O–H groups in total. The molecule has 2 aliphatic heterocycles. The van der Waals surface area contributed by atoms with Gasteiger partial charge < -0.3 is 9.64 Å². The molecule has 2 heterocycles. The summed E-state index contributed by atoms with van der Waals surface area (Å²) in [5, 5.41) is 0. The highest BCUT2D eigenvalue weighted by atomic mass is 16.5. The number of ether oxygens (including phenoxy) is 1. The van der Waals surface area contributed by atoms with E-state index in [0.717, 1.165) is 32.1 Å². The van der Waals surface area contributed by atoms with E-state index in [2.05, 4.69) is 15.3 Å². The maximum atomic E-state index is 5.49. The zero-order valence-electron chi connectivity index (χ0n) is 7.86. The Morgan fingerprint density at radius 3 is 3.08 bits per heavy atom. The number of nitrogens with one attached hydrogen (secondary N) is 1. The molecule has 5 nitrogen and oxygen atoms in total. The average molecular weight is 184 g/mol. The van der Waals surface area contributed by atoms with Crippen LogP contribution in [-0.2, 0) is 4.74 Å². The standard InChI is InChI=1S/C8H16N4O/c1-2-10-8(11-9)12-4-7-3-6(12)5-13-7/h6-7H,2-5,9H2,1H3,(H,10,11). The van der Waals surface area contributed by atoms with Gasteiger partial charge in [0.1, 0.15) is 0 Å². The third-order valence-corrected chi connectivity index (χ3v) is 2.61. The summed E-state index contributed by atoms with van der Waals surface area (Å²) in [6.45, 7) is 4.50. The third-order valence-electron chi connectivity index (χ3n) is 2.61. The van der Waals surface area contributed by atoms with Crippen LogP contribution in [0.2, 0.25) is 0 Å². The van der Waals surface area contributed by atoms with Gasteiger partial charge in [0.2, 0.25) is 5.96 Å². The second-order valence-corrected chi connectivity index (χ2v) is 3.44. The maximum Gasteiger partial charge on any atom is 0.208 e. The van der Waals surface area contributed by atoms with Crippen molar-refractivity contribution < 1.29 is 4.74 Å². The minimum absolute atomic E-state index is 0.389. The highest BCUT2D eigenvalue weighted by Crippen LogP contribution is 2.27. The van der Waals surface area contributed by atoms with Crippen LogP contribution >= 0.6 is 0 Å². The summed E-state index contributed by atoms with van der Waals surface area (Å²) in [5.74, 6) is 6.21. The van der Waals surface area contributed by atoms with Crippen molar-refractivity contribution in [2.24, 2.45) is 10.8 Å². The average Bonchev–Trinajstić information content (AvgIpc) is 2.74. The molecule has 0 radical (unpaired) electrons. The number of guanidine groups is 1. The van der Waals surface area contributed by atoms with Gasteiger partial charge in [0.05, 0.1) is 18.8 Å². The molecule has 0 amide bonds. The lowest BCUT2D eigenvalue weighted by atomic mass is 10.2. The predicted molar refractivity (Wildman–Crippen MR) is 50.2 cm³/mol. The van der Waals surface area contributed by atoms with Gasteiger partial charge in [-0.25, -0.2) is 5.84 Å². The normalized spacial score (nSPS) is 32.8. The summed E-state index contributed by atoms with van der Waals surface area (Å²) in [4.78, 5) is 6.50. The number of hydrogen-bond acceptors (Lipinski definition) is 3. The largest absolute Gasteiger partial charge is 0.374 e. The fourth-order valence-corrected chi connectivity index (χ4v) is 2.03. The van der Waals surface area contributed by atoms with Crippen LogP contribution in [0, 0.1) is 0 Å². The molecule has 0 aromatic rings. The van der Waals surface area contributed by atoms with Gasteiger partial charge in [0.15, 0.2) is 0 Å². The van der Waals surface area contributed by atoms with Crippen LogP contribution in [-0.4, -0.2) is 42.7 Å². The molecule has 2 rings (SSSR count). The van der Waals surface area contributed by atoms with E-state index in [1.165, 1.54) is 0 Å². The lowest BCUT2D eigenvalue weighted by Gasteiger charge is -2.29. The highest BCUT2D eigenvalue weighted by Gasteiger charge is 2.40. The van der Waals surface area contributed by atoms with Crippen molar-refractivity contribution in [1.82, 2.24) is 10.3 Å². The van der Waals surface area contributed by atoms with Crippen LogP contribution in [0.1, 0.15) is 13.3 Å². The minimum Gasteiger partial charge on any atom is -0.374 e. The van der Waals surface area contributed by atoms with E-state index in [-0.39, 0.29) is 0 Å². The summed E-state index contributed by atoms with van der Waals surface area (Å²) in [6.07, 6.45) is 1.50. The SMILES string of the molecule is CCN=C(NN)N1CC2CC1CO2. The number of nitrogens with zero attached hydrogens (tertiary/aromatic N) is 2. The summed E-state index contributed by atoms with van der Waals surface area (Å²) >= 11 is 0. The zero-order valence-corrected chi connectivity index (χ0v) is 7.86. The molecule has 2 bridgehead atoms. The molecular formula is C8H16N4O. The molecule has 2 unspecified atom stereocenters. The van der Waals surface area contributed by atoms with Crippen molar-refractivity contribution in [3.8, 4) is 0 Å². The first-order chi connectivity index (χ1) is 6.35. The van der Waals surface area contributed by atoms with Crippen LogP contribution in [0.15, 0.2) is 4.99 Å². The molecule has 2 saturated heterocycles. The maximum absolute atomic E-state index is 5.49. The van der Waals surface area contributed by atoms with Gasteiger partial charge in [-0.2, -0.15) is 0 Å². The second-order valence-electron chi connectivity index (χ2n) is 3.44. The van der Waals surface area contributed by atoms with Crippen molar-refractivity contribution in [3.05, 3.63) is 0 Å². The van der Waals surface area contributed by atoms with Crippen LogP contribution in [0.5, 0.6) is 0 Å². The van der Waals surface area contributed by atoms with Gasteiger partial charge in [0, 0.05) is 13.1 Å². The Kier molecular flexibility index (Phi) is 2.37. The first-order valence-electron chi connectivity index (χ1n) is 4.74. The molecule has 0 saturated carbocycles. The van der Waals surface area contributed by atoms with E-state index in [1.54, 1.807) is 0 Å². The van der Waals surface area contributed by atoms with E-state index in [0.29, 0.717) is 12.1 Å². The van der Waals surface area contributed by atoms with Gasteiger partial charge in [-0.05, 0) is 13.3 Å². The van der Waals surface area contributed by atoms with Gasteiger partial charge in [0.25, 0.3) is 0 Å². The summed E-state index contributed by atoms with van der Waals surface area (Å²) in [6, 6.07) is 0.478. The summed E-state index contributed by atoms with van der Waals surface area (Å²) < 4.78 is 5.49. The molecule has 74 valence electrons. The number of aliphatic imine (C=N–C) groups is 1. The van der Waals surface area contributed by atoms with E-state index in [1.807, 2.05) is 6.92 Å². The number of hydrogen-bond donors (Lipinski definition) is 2. The van der Waals surface area contributed by atoms with Crippen molar-refractivity contribution >= 4 is 5.96 Å². The Morgan fingerprint density at radius 2 is 2.62 bits per heavy atom. The molecule has 13 heavy (non-hydrogen) atoms. The summed E-state index contributed by atoms with van der Waals surface area (Å²) in [5.41, 5.74) is 2.65. The smallest absolute Gasteiger partial charge is 0.208 e. The molecule has 2 fully saturated rings. The molecule has 2 atom stereocenters. The van der Waals surface area contributed by atoms with Crippen LogP contribution in [0.4, 0.5) is 0 Å². The third kappa shape index (κ3) is 1.49. The van der Waals surface area contributed by atoms with Gasteiger partial charge in [-0.3, -0.25) is 10.4 Å². The molecule has 5 heteroatoms. The Bertz CT molecular complexity index is 218. The Labute approximate surface area is 77.9 Å². The monoisotopic (exact) mass is 184 g/mol. The van der Waals surface area contributed by atoms with Crippen molar-refractivity contribution in [3.63, 3.8) is 0 Å². The van der Waals surface area contributed by atoms with Crippen LogP contribution in [0.3, 0.4) is 0 Å². The van der Waals surface area contributed by atoms with Crippen LogP contribution < -0.4 is 11.3 Å². The molecule has 0 aromatic heterocycles. The second kappa shape index (κ2) is 3.51. The fourth-order valence-electron chi connectivity index (χ4n) is 2.03. The molecule has 0 aromatic carbocycles. The molecular weight excluding hydrogens is 168 g/mol. The predicted octanol–water partition coefficient (Wildman–Crippen LogP) is -0.701. The number of likely N-dealkylation sites (tertiary alicyclic amines) is 1. The minimum atomic E-state index is 0.389. The number of nitrogens with two attached hydrogens (primary N) is 1. The van der Waals surface area contributed by atoms with Crippen molar-refractivity contribution in [2.45, 2.75) is 25.5 Å². The van der Waals surface area contributed by atoms with Crippen molar-refractivity contribution in [2.75, 3.05) is 19.7 Å². The molecule has 0 aliphatic carbocycles. The molecule has 2 aliphatic rings. The van der Waals surface area contributed by atoms with E-state index in [9.17, 15) is 0 Å².